The highest BCUT2D eigenvalue weighted by Gasteiger charge is 2.27. The minimum Gasteiger partial charge on any atom is -0.497 e. The topological polar surface area (TPSA) is 90.2 Å². The molecule has 3 heterocycles. The lowest BCUT2D eigenvalue weighted by Crippen LogP contribution is -2.46. The van der Waals surface area contributed by atoms with Gasteiger partial charge in [0.15, 0.2) is 17.3 Å². The summed E-state index contributed by atoms with van der Waals surface area (Å²) in [6.07, 6.45) is 3.84. The van der Waals surface area contributed by atoms with Gasteiger partial charge in [-0.1, -0.05) is 6.07 Å². The first-order valence-corrected chi connectivity index (χ1v) is 10.8. The third kappa shape index (κ3) is 4.14. The number of hydrogen-bond acceptors (Lipinski definition) is 8. The molecule has 3 aromatic rings. The Morgan fingerprint density at radius 1 is 1.19 bits per heavy atom. The predicted octanol–water partition coefficient (Wildman–Crippen LogP) is 2.94. The third-order valence-corrected chi connectivity index (χ3v) is 5.91. The maximum absolute atomic E-state index is 14.4. The Kier molecular flexibility index (Phi) is 5.45. The van der Waals surface area contributed by atoms with Gasteiger partial charge in [0.05, 0.1) is 12.6 Å². The largest absolute Gasteiger partial charge is 0.497 e. The Labute approximate surface area is 185 Å². The second-order valence-electron chi connectivity index (χ2n) is 8.17. The van der Waals surface area contributed by atoms with Crippen molar-refractivity contribution in [2.75, 3.05) is 43.5 Å². The molecule has 5 rings (SSSR count). The van der Waals surface area contributed by atoms with E-state index >= 15 is 0 Å². The van der Waals surface area contributed by atoms with E-state index in [0.29, 0.717) is 34.9 Å². The van der Waals surface area contributed by atoms with Gasteiger partial charge in [-0.25, -0.2) is 19.3 Å². The van der Waals surface area contributed by atoms with Crippen molar-refractivity contribution in [3.8, 4) is 11.8 Å². The Morgan fingerprint density at radius 3 is 2.69 bits per heavy atom. The van der Waals surface area contributed by atoms with Crippen molar-refractivity contribution in [2.24, 2.45) is 0 Å². The number of rotatable bonds is 6. The van der Waals surface area contributed by atoms with E-state index in [2.05, 4.69) is 26.2 Å². The summed E-state index contributed by atoms with van der Waals surface area (Å²) in [5.74, 6) is 1.78. The summed E-state index contributed by atoms with van der Waals surface area (Å²) in [6.45, 7) is 3.56. The Balaban J connectivity index is 1.35. The molecule has 2 aromatic heterocycles. The van der Waals surface area contributed by atoms with Gasteiger partial charge >= 0.3 is 0 Å². The van der Waals surface area contributed by atoms with Gasteiger partial charge in [0.25, 0.3) is 0 Å². The van der Waals surface area contributed by atoms with Crippen molar-refractivity contribution < 1.29 is 9.13 Å². The van der Waals surface area contributed by atoms with Crippen molar-refractivity contribution in [3.05, 3.63) is 47.5 Å². The molecule has 2 aliphatic rings. The summed E-state index contributed by atoms with van der Waals surface area (Å²) in [5.41, 5.74) is 2.12. The standard InChI is InChI=1S/C23H24FN7O/c1-32-17-5-2-15(18(24)12-17)14-30-8-10-31(11-9-30)23-22(27-16-3-4-16)28-19-6-7-26-20(13-25)21(19)29-23/h2,5-7,12,16H,3-4,8-11,14H2,1H3,(H,27,28). The molecule has 0 spiro atoms. The number of aromatic nitrogens is 3. The van der Waals surface area contributed by atoms with Gasteiger partial charge in [-0.3, -0.25) is 4.90 Å². The fraction of sp³-hybridized carbons (Fsp3) is 0.391. The number of hydrogen-bond donors (Lipinski definition) is 1. The number of benzene rings is 1. The molecular weight excluding hydrogens is 409 g/mol. The number of nitriles is 1. The number of nitrogens with zero attached hydrogens (tertiary/aromatic N) is 6. The van der Waals surface area contributed by atoms with E-state index < -0.39 is 0 Å². The molecule has 1 aromatic carbocycles. The minimum absolute atomic E-state index is 0.250. The summed E-state index contributed by atoms with van der Waals surface area (Å²) < 4.78 is 19.4. The number of halogens is 1. The van der Waals surface area contributed by atoms with Crippen LogP contribution in [-0.2, 0) is 6.54 Å². The Bertz CT molecular complexity index is 1180. The number of ether oxygens (including phenoxy) is 1. The minimum atomic E-state index is -0.250. The highest BCUT2D eigenvalue weighted by molar-refractivity contribution is 5.84. The first-order chi connectivity index (χ1) is 15.6. The highest BCUT2D eigenvalue weighted by atomic mass is 19.1. The fourth-order valence-corrected chi connectivity index (χ4v) is 3.94. The van der Waals surface area contributed by atoms with Crippen LogP contribution in [0.4, 0.5) is 16.0 Å². The van der Waals surface area contributed by atoms with E-state index in [-0.39, 0.29) is 11.5 Å². The van der Waals surface area contributed by atoms with Crippen LogP contribution < -0.4 is 15.0 Å². The van der Waals surface area contributed by atoms with Crippen LogP contribution in [0.15, 0.2) is 30.5 Å². The lowest BCUT2D eigenvalue weighted by molar-refractivity contribution is 0.246. The van der Waals surface area contributed by atoms with Gasteiger partial charge in [-0.05, 0) is 25.0 Å². The molecule has 1 aliphatic heterocycles. The van der Waals surface area contributed by atoms with E-state index in [9.17, 15) is 9.65 Å². The van der Waals surface area contributed by atoms with Crippen molar-refractivity contribution in [1.29, 1.82) is 5.26 Å². The van der Waals surface area contributed by atoms with E-state index in [1.807, 2.05) is 0 Å². The molecule has 1 N–H and O–H groups in total. The zero-order valence-corrected chi connectivity index (χ0v) is 17.9. The van der Waals surface area contributed by atoms with E-state index in [0.717, 1.165) is 50.7 Å². The van der Waals surface area contributed by atoms with E-state index in [1.54, 1.807) is 24.4 Å². The Hall–Kier alpha value is -3.51. The first kappa shape index (κ1) is 20.4. The van der Waals surface area contributed by atoms with Crippen molar-refractivity contribution in [2.45, 2.75) is 25.4 Å². The quantitative estimate of drug-likeness (QED) is 0.635. The number of pyridine rings is 1. The summed E-state index contributed by atoms with van der Waals surface area (Å²) in [5, 5.41) is 12.9. The van der Waals surface area contributed by atoms with Crippen LogP contribution in [-0.4, -0.2) is 59.2 Å². The smallest absolute Gasteiger partial charge is 0.172 e. The second kappa shape index (κ2) is 8.55. The van der Waals surface area contributed by atoms with Crippen LogP contribution in [0.25, 0.3) is 11.0 Å². The van der Waals surface area contributed by atoms with Crippen molar-refractivity contribution in [3.63, 3.8) is 0 Å². The zero-order valence-electron chi connectivity index (χ0n) is 17.9. The number of methoxy groups -OCH3 is 1. The van der Waals surface area contributed by atoms with E-state index in [1.165, 1.54) is 13.2 Å². The first-order valence-electron chi connectivity index (χ1n) is 10.8. The molecule has 0 radical (unpaired) electrons. The molecular formula is C23H24FN7O. The molecule has 1 aliphatic carbocycles. The molecule has 9 heteroatoms. The summed E-state index contributed by atoms with van der Waals surface area (Å²) in [6, 6.07) is 9.32. The van der Waals surface area contributed by atoms with Gasteiger partial charge in [-0.2, -0.15) is 5.26 Å². The van der Waals surface area contributed by atoms with Crippen LogP contribution in [0.3, 0.4) is 0 Å². The van der Waals surface area contributed by atoms with Gasteiger partial charge in [0, 0.05) is 56.6 Å². The van der Waals surface area contributed by atoms with E-state index in [4.69, 9.17) is 14.7 Å². The maximum atomic E-state index is 14.4. The number of nitrogens with one attached hydrogen (secondary N) is 1. The van der Waals surface area contributed by atoms with Crippen LogP contribution in [0.5, 0.6) is 5.75 Å². The fourth-order valence-electron chi connectivity index (χ4n) is 3.94. The summed E-state index contributed by atoms with van der Waals surface area (Å²) >= 11 is 0. The molecule has 0 atom stereocenters. The zero-order chi connectivity index (χ0) is 22.1. The van der Waals surface area contributed by atoms with Crippen LogP contribution in [0.1, 0.15) is 24.1 Å². The second-order valence-corrected chi connectivity index (χ2v) is 8.17. The normalized spacial score (nSPS) is 16.7. The third-order valence-electron chi connectivity index (χ3n) is 5.91. The number of fused-ring (bicyclic) bond motifs is 1. The van der Waals surface area contributed by atoms with Crippen LogP contribution >= 0.6 is 0 Å². The molecule has 0 amide bonds. The monoisotopic (exact) mass is 433 g/mol. The van der Waals surface area contributed by atoms with Gasteiger partial charge in [0.1, 0.15) is 23.2 Å². The van der Waals surface area contributed by atoms with Gasteiger partial charge in [-0.15, -0.1) is 0 Å². The number of anilines is 2. The Morgan fingerprint density at radius 2 is 2.00 bits per heavy atom. The highest BCUT2D eigenvalue weighted by Crippen LogP contribution is 2.32. The molecule has 0 unspecified atom stereocenters. The van der Waals surface area contributed by atoms with Crippen molar-refractivity contribution >= 4 is 22.7 Å². The maximum Gasteiger partial charge on any atom is 0.172 e. The average molecular weight is 433 g/mol. The van der Waals surface area contributed by atoms with Crippen LogP contribution in [0, 0.1) is 17.1 Å². The lowest BCUT2D eigenvalue weighted by Gasteiger charge is -2.36. The van der Waals surface area contributed by atoms with Crippen LogP contribution in [0.2, 0.25) is 0 Å². The average Bonchev–Trinajstić information content (AvgIpc) is 3.64. The summed E-state index contributed by atoms with van der Waals surface area (Å²) in [4.78, 5) is 18.1. The number of piperazine rings is 1. The summed E-state index contributed by atoms with van der Waals surface area (Å²) in [7, 11) is 1.53. The lowest BCUT2D eigenvalue weighted by atomic mass is 10.1. The van der Waals surface area contributed by atoms with Gasteiger partial charge in [0.2, 0.25) is 0 Å². The van der Waals surface area contributed by atoms with Gasteiger partial charge < -0.3 is 15.0 Å². The molecule has 8 nitrogen and oxygen atoms in total. The molecule has 1 saturated carbocycles. The molecule has 1 saturated heterocycles. The molecule has 2 fully saturated rings. The van der Waals surface area contributed by atoms with Crippen molar-refractivity contribution in [1.82, 2.24) is 19.9 Å². The molecule has 164 valence electrons. The predicted molar refractivity (Wildman–Crippen MR) is 119 cm³/mol. The SMILES string of the molecule is COc1ccc(CN2CCN(c3nc4c(C#N)nccc4nc3NC3CC3)CC2)c(F)c1. The molecule has 0 bridgehead atoms. The molecule has 32 heavy (non-hydrogen) atoms.